The third kappa shape index (κ3) is 16.8. The fraction of sp³-hybridized carbons (Fsp3) is 0. The highest BCUT2D eigenvalue weighted by Crippen LogP contribution is 2.44. The molecular weight excluding hydrogens is 1840 g/mol. The van der Waals surface area contributed by atoms with Crippen LogP contribution in [0.5, 0.6) is 0 Å². The third-order valence-electron chi connectivity index (χ3n) is 28.0. The molecule has 29 rings (SSSR count). The van der Waals surface area contributed by atoms with Crippen molar-refractivity contribution >= 4 is 119 Å². The lowest BCUT2D eigenvalue weighted by Gasteiger charge is -2.11. The lowest BCUT2D eigenvalue weighted by atomic mass is 10.0. The highest BCUT2D eigenvalue weighted by atomic mass is 32.1. The number of thiophene rings is 1. The summed E-state index contributed by atoms with van der Waals surface area (Å²) in [6.45, 7) is 0. The van der Waals surface area contributed by atoms with E-state index in [4.69, 9.17) is 49.3 Å². The van der Waals surface area contributed by atoms with Crippen molar-refractivity contribution in [2.75, 3.05) is 0 Å². The Kier molecular flexibility index (Phi) is 22.5. The predicted molar refractivity (Wildman–Crippen MR) is 613 cm³/mol. The van der Waals surface area contributed by atoms with Crippen molar-refractivity contribution in [2.24, 2.45) is 0 Å². The van der Waals surface area contributed by atoms with Crippen molar-refractivity contribution in [3.8, 4) is 164 Å². The topological polar surface area (TPSA) is 144 Å². The maximum absolute atomic E-state index is 6.21. The van der Waals surface area contributed by atoms with Gasteiger partial charge in [0.2, 0.25) is 0 Å². The average Bonchev–Trinajstić information content (AvgIpc) is 1.59. The number of nitrogens with zero attached hydrogens (tertiary/aromatic N) is 12. The van der Waals surface area contributed by atoms with E-state index in [2.05, 4.69) is 414 Å². The van der Waals surface area contributed by atoms with E-state index in [1.54, 1.807) is 11.3 Å². The number of rotatable bonds is 16. The third-order valence-corrected chi connectivity index (χ3v) is 29.2. The average molecular weight is 1920 g/mol. The quantitative estimate of drug-likeness (QED) is 0.0917. The molecule has 0 aliphatic rings. The minimum Gasteiger partial charge on any atom is -0.456 e. The lowest BCUT2D eigenvalue weighted by molar-refractivity contribution is 0.669. The zero-order chi connectivity index (χ0) is 98.6. The number of hydrogen-bond acceptors (Lipinski definition) is 11. The van der Waals surface area contributed by atoms with Gasteiger partial charge in [-0.05, 0) is 184 Å². The summed E-state index contributed by atoms with van der Waals surface area (Å²) in [6.07, 6.45) is 0. The van der Waals surface area contributed by atoms with Crippen LogP contribution in [0.3, 0.4) is 0 Å². The summed E-state index contributed by atoms with van der Waals surface area (Å²) in [6, 6.07) is 182. The molecule has 0 fully saturated rings. The first kappa shape index (κ1) is 88.0. The van der Waals surface area contributed by atoms with E-state index in [1.807, 2.05) is 121 Å². The van der Waals surface area contributed by atoms with E-state index < -0.39 is 0 Å². The van der Waals surface area contributed by atoms with Crippen LogP contribution in [0, 0.1) is 0 Å². The number of benzene rings is 21. The van der Waals surface area contributed by atoms with E-state index in [0.717, 1.165) is 106 Å². The van der Waals surface area contributed by atoms with E-state index >= 15 is 0 Å². The van der Waals surface area contributed by atoms with Crippen molar-refractivity contribution in [1.29, 1.82) is 0 Å². The molecule has 14 heteroatoms. The smallest absolute Gasteiger partial charge is 0.164 e. The molecule has 0 radical (unpaired) electrons. The van der Waals surface area contributed by atoms with Crippen LogP contribution in [0.25, 0.3) is 272 Å². The monoisotopic (exact) mass is 1920 g/mol. The second-order valence-corrected chi connectivity index (χ2v) is 38.2. The summed E-state index contributed by atoms with van der Waals surface area (Å²) in [5, 5.41) is 12.1. The molecule has 0 aliphatic heterocycles. The van der Waals surface area contributed by atoms with Crippen molar-refractivity contribution < 1.29 is 4.42 Å². The van der Waals surface area contributed by atoms with Crippen molar-refractivity contribution in [3.63, 3.8) is 0 Å². The summed E-state index contributed by atoms with van der Waals surface area (Å²) in [7, 11) is 0. The summed E-state index contributed by atoms with van der Waals surface area (Å²) in [5.74, 6) is 5.71. The Morgan fingerprint density at radius 1 is 0.134 bits per heavy atom. The standard InChI is InChI=1S/C45H28N4O.C45H28N4S.C45H30N4/c2*1-3-11-29(12-4-1)32-21-25-36-35-15-7-9-17-39(35)49(40(36)27-32)34-23-19-31(20-24-34)44-46-43(30-13-5-2-6-14-30)47-45(48-44)33-22-26-38-37-16-8-10-18-41(37)50-42(38)28-33;1-4-12-31(13-5-1)33-20-22-35(23-21-33)44-46-43(34-16-8-3-9-17-34)47-45(48-44)36-24-27-38(28-25-36)49-41-19-11-10-18-39(41)40-29-26-37(30-42(40)49)32-14-6-2-7-15-32/h2*1-28H;1-30H. The number of furan rings is 1. The van der Waals surface area contributed by atoms with Crippen LogP contribution in [0.1, 0.15) is 0 Å². The van der Waals surface area contributed by atoms with Crippen LogP contribution in [0.4, 0.5) is 0 Å². The molecule has 0 unspecified atom stereocenters. The molecule has 0 N–H and O–H groups in total. The summed E-state index contributed by atoms with van der Waals surface area (Å²) < 4.78 is 15.8. The van der Waals surface area contributed by atoms with Gasteiger partial charge in [0.1, 0.15) is 11.2 Å². The van der Waals surface area contributed by atoms with Gasteiger partial charge < -0.3 is 18.1 Å². The Bertz CT molecular complexity index is 9710. The van der Waals surface area contributed by atoms with Crippen LogP contribution in [-0.4, -0.2) is 58.6 Å². The molecule has 29 aromatic rings. The molecule has 21 aromatic carbocycles. The summed E-state index contributed by atoms with van der Waals surface area (Å²) in [4.78, 5) is 45.0. The normalized spacial score (nSPS) is 11.5. The molecule has 13 nitrogen and oxygen atoms in total. The molecule has 0 aliphatic carbocycles. The first-order valence-electron chi connectivity index (χ1n) is 49.8. The first-order valence-corrected chi connectivity index (χ1v) is 50.7. The van der Waals surface area contributed by atoms with Crippen LogP contribution < -0.4 is 0 Å². The van der Waals surface area contributed by atoms with Crippen LogP contribution >= 0.6 is 11.3 Å². The Balaban J connectivity index is 0.000000110. The highest BCUT2D eigenvalue weighted by Gasteiger charge is 2.24. The van der Waals surface area contributed by atoms with E-state index in [9.17, 15) is 0 Å². The molecule has 8 aromatic heterocycles. The van der Waals surface area contributed by atoms with Gasteiger partial charge >= 0.3 is 0 Å². The zero-order valence-corrected chi connectivity index (χ0v) is 81.2. The number of fused-ring (bicyclic) bond motifs is 15. The lowest BCUT2D eigenvalue weighted by Crippen LogP contribution is -2.00. The van der Waals surface area contributed by atoms with Gasteiger partial charge in [-0.3, -0.25) is 0 Å². The van der Waals surface area contributed by atoms with Gasteiger partial charge in [-0.25, -0.2) is 44.9 Å². The van der Waals surface area contributed by atoms with Crippen molar-refractivity contribution in [1.82, 2.24) is 58.6 Å². The minimum absolute atomic E-state index is 0.594. The van der Waals surface area contributed by atoms with Crippen molar-refractivity contribution in [2.45, 2.75) is 0 Å². The summed E-state index contributed by atoms with van der Waals surface area (Å²) >= 11 is 1.80. The van der Waals surface area contributed by atoms with Gasteiger partial charge in [0, 0.05) is 130 Å². The van der Waals surface area contributed by atoms with E-state index in [-0.39, 0.29) is 0 Å². The molecule has 0 spiro atoms. The van der Waals surface area contributed by atoms with Gasteiger partial charge in [-0.15, -0.1) is 11.3 Å². The summed E-state index contributed by atoms with van der Waals surface area (Å²) in [5.41, 5.74) is 29.8. The zero-order valence-electron chi connectivity index (χ0n) is 80.3. The Morgan fingerprint density at radius 2 is 0.349 bits per heavy atom. The van der Waals surface area contributed by atoms with Crippen LogP contribution in [-0.2, 0) is 0 Å². The molecule has 0 amide bonds. The van der Waals surface area contributed by atoms with E-state index in [0.29, 0.717) is 52.4 Å². The first-order chi connectivity index (χ1) is 73.8. The second-order valence-electron chi connectivity index (χ2n) is 37.1. The Labute approximate surface area is 861 Å². The van der Waals surface area contributed by atoms with Crippen LogP contribution in [0.15, 0.2) is 526 Å². The van der Waals surface area contributed by atoms with Gasteiger partial charge in [0.05, 0.1) is 33.1 Å². The molecule has 0 saturated carbocycles. The molecule has 0 saturated heterocycles. The minimum atomic E-state index is 0.594. The maximum Gasteiger partial charge on any atom is 0.164 e. The van der Waals surface area contributed by atoms with Gasteiger partial charge in [-0.2, -0.15) is 0 Å². The fourth-order valence-corrected chi connectivity index (χ4v) is 21.8. The molecule has 698 valence electrons. The molecule has 8 heterocycles. The SMILES string of the molecule is c1ccc(-c2ccc(-c3nc(-c4ccccc4)nc(-c4ccc(-n5c6ccccc6c6ccc(-c7ccccc7)cc65)cc4)n3)cc2)cc1.c1ccc(-c2ccc3c4ccccc4n(-c4ccc(-c5nc(-c6ccccc6)nc(-c6ccc7c(c6)oc6ccccc67)n5)cc4)c3c2)cc1.c1ccc(-c2ccc3c4ccccc4n(-c4ccc(-c5nc(-c6ccccc6)nc(-c6ccc7c(c6)sc6ccccc67)n5)cc4)c3c2)cc1. The Hall–Kier alpha value is -19.9. The van der Waals surface area contributed by atoms with Gasteiger partial charge in [-0.1, -0.05) is 382 Å². The number of aromatic nitrogens is 12. The molecule has 0 bridgehead atoms. The van der Waals surface area contributed by atoms with Gasteiger partial charge in [0.15, 0.2) is 52.4 Å². The fourth-order valence-electron chi connectivity index (χ4n) is 20.7. The second kappa shape index (κ2) is 38.1. The molecule has 0 atom stereocenters. The number of para-hydroxylation sites is 4. The predicted octanol–water partition coefficient (Wildman–Crippen LogP) is 34.8. The molecule has 149 heavy (non-hydrogen) atoms. The highest BCUT2D eigenvalue weighted by molar-refractivity contribution is 7.25. The maximum atomic E-state index is 6.21. The largest absolute Gasteiger partial charge is 0.456 e. The van der Waals surface area contributed by atoms with Crippen LogP contribution in [0.2, 0.25) is 0 Å². The van der Waals surface area contributed by atoms with E-state index in [1.165, 1.54) is 114 Å². The Morgan fingerprint density at radius 3 is 0.705 bits per heavy atom. The van der Waals surface area contributed by atoms with Crippen molar-refractivity contribution in [3.05, 3.63) is 522 Å². The van der Waals surface area contributed by atoms with Gasteiger partial charge in [0.25, 0.3) is 0 Å². The number of hydrogen-bond donors (Lipinski definition) is 0. The molecular formula is C135H86N12OS.